The number of nitrogens with one attached hydrogen (secondary N) is 1. The monoisotopic (exact) mass is 255 g/mol. The van der Waals surface area contributed by atoms with Crippen molar-refractivity contribution in [3.63, 3.8) is 0 Å². The third-order valence-corrected chi connectivity index (χ3v) is 2.95. The fraction of sp³-hybridized carbons (Fsp3) is 0.455. The molecule has 1 aromatic carbocycles. The van der Waals surface area contributed by atoms with Crippen LogP contribution in [-0.2, 0) is 0 Å². The summed E-state index contributed by atoms with van der Waals surface area (Å²) in [5, 5.41) is 3.26. The molecular weight excluding hydrogens is 242 g/mol. The van der Waals surface area contributed by atoms with Crippen molar-refractivity contribution < 1.29 is 4.74 Å². The zero-order chi connectivity index (χ0) is 9.80. The Hall–Kier alpha value is -0.540. The van der Waals surface area contributed by atoms with Gasteiger partial charge in [0.15, 0.2) is 0 Å². The number of benzene rings is 1. The van der Waals surface area contributed by atoms with E-state index in [1.54, 1.807) is 0 Å². The van der Waals surface area contributed by atoms with Crippen molar-refractivity contribution in [3.8, 4) is 5.75 Å². The largest absolute Gasteiger partial charge is 0.494 e. The first kappa shape index (κ1) is 9.99. The molecule has 0 saturated carbocycles. The van der Waals surface area contributed by atoms with Crippen molar-refractivity contribution in [3.05, 3.63) is 28.7 Å². The fourth-order valence-corrected chi connectivity index (χ4v) is 1.83. The molecule has 0 atom stereocenters. The van der Waals surface area contributed by atoms with Crippen LogP contribution in [0.25, 0.3) is 0 Å². The van der Waals surface area contributed by atoms with E-state index in [1.807, 2.05) is 24.3 Å². The fourth-order valence-electron chi connectivity index (χ4n) is 1.45. The smallest absolute Gasteiger partial charge is 0.120 e. The molecule has 1 saturated heterocycles. The maximum Gasteiger partial charge on any atom is 0.120 e. The minimum absolute atomic E-state index is 0.821. The molecule has 0 amide bonds. The number of ether oxygens (including phenoxy) is 1. The first-order valence-corrected chi connectivity index (χ1v) is 5.73. The summed E-state index contributed by atoms with van der Waals surface area (Å²) < 4.78 is 6.71. The molecule has 0 spiro atoms. The zero-order valence-electron chi connectivity index (χ0n) is 8.00. The molecule has 1 heterocycles. The number of halogens is 1. The van der Waals surface area contributed by atoms with Gasteiger partial charge >= 0.3 is 0 Å². The molecule has 14 heavy (non-hydrogen) atoms. The van der Waals surface area contributed by atoms with Gasteiger partial charge in [0.1, 0.15) is 5.75 Å². The van der Waals surface area contributed by atoms with Crippen LogP contribution < -0.4 is 10.1 Å². The third kappa shape index (κ3) is 2.72. The zero-order valence-corrected chi connectivity index (χ0v) is 9.59. The molecule has 0 radical (unpaired) electrons. The van der Waals surface area contributed by atoms with E-state index < -0.39 is 0 Å². The Balaban J connectivity index is 1.74. The summed E-state index contributed by atoms with van der Waals surface area (Å²) >= 11 is 3.42. The van der Waals surface area contributed by atoms with Crippen LogP contribution in [0.5, 0.6) is 5.75 Å². The average Bonchev–Trinajstić information content (AvgIpc) is 2.09. The summed E-state index contributed by atoms with van der Waals surface area (Å²) in [6, 6.07) is 7.98. The second-order valence-corrected chi connectivity index (χ2v) is 4.53. The van der Waals surface area contributed by atoms with Gasteiger partial charge in [-0.05, 0) is 43.6 Å². The Bertz CT molecular complexity index is 299. The van der Waals surface area contributed by atoms with Crippen molar-refractivity contribution in [2.45, 2.75) is 6.42 Å². The highest BCUT2D eigenvalue weighted by molar-refractivity contribution is 9.10. The highest BCUT2D eigenvalue weighted by atomic mass is 79.9. The van der Waals surface area contributed by atoms with Gasteiger partial charge in [0.2, 0.25) is 0 Å². The van der Waals surface area contributed by atoms with Gasteiger partial charge < -0.3 is 10.1 Å². The Morgan fingerprint density at radius 3 is 2.93 bits per heavy atom. The molecule has 1 N–H and O–H groups in total. The van der Waals surface area contributed by atoms with Gasteiger partial charge in [0, 0.05) is 4.47 Å². The van der Waals surface area contributed by atoms with Gasteiger partial charge in [-0.25, -0.2) is 0 Å². The highest BCUT2D eigenvalue weighted by Gasteiger charge is 2.15. The van der Waals surface area contributed by atoms with E-state index in [-0.39, 0.29) is 0 Å². The molecule has 1 aliphatic heterocycles. The molecule has 1 aromatic rings. The summed E-state index contributed by atoms with van der Waals surface area (Å²) in [5.41, 5.74) is 0. The highest BCUT2D eigenvalue weighted by Crippen LogP contribution is 2.18. The van der Waals surface area contributed by atoms with Gasteiger partial charge in [-0.2, -0.15) is 0 Å². The molecule has 3 heteroatoms. The van der Waals surface area contributed by atoms with Crippen LogP contribution in [0.4, 0.5) is 0 Å². The predicted octanol–water partition coefficient (Wildman–Crippen LogP) is 2.44. The van der Waals surface area contributed by atoms with Crippen LogP contribution in [0.1, 0.15) is 6.42 Å². The van der Waals surface area contributed by atoms with E-state index in [1.165, 1.54) is 0 Å². The van der Waals surface area contributed by atoms with Crippen molar-refractivity contribution in [2.24, 2.45) is 5.92 Å². The Labute approximate surface area is 92.8 Å². The lowest BCUT2D eigenvalue weighted by Gasteiger charge is -2.26. The molecule has 1 fully saturated rings. The molecule has 0 unspecified atom stereocenters. The summed E-state index contributed by atoms with van der Waals surface area (Å²) in [5.74, 6) is 1.77. The van der Waals surface area contributed by atoms with Crippen molar-refractivity contribution in [2.75, 3.05) is 19.7 Å². The lowest BCUT2D eigenvalue weighted by molar-refractivity contribution is 0.238. The van der Waals surface area contributed by atoms with Crippen molar-refractivity contribution in [1.29, 1.82) is 0 Å². The topological polar surface area (TPSA) is 21.3 Å². The van der Waals surface area contributed by atoms with E-state index in [4.69, 9.17) is 4.74 Å². The van der Waals surface area contributed by atoms with Gasteiger partial charge in [-0.1, -0.05) is 22.0 Å². The van der Waals surface area contributed by atoms with Crippen LogP contribution in [0.2, 0.25) is 0 Å². The minimum atomic E-state index is 0.821. The molecule has 2 rings (SSSR count). The molecule has 2 nitrogen and oxygen atoms in total. The van der Waals surface area contributed by atoms with Crippen LogP contribution in [0, 0.1) is 5.92 Å². The molecular formula is C11H14BrNO. The van der Waals surface area contributed by atoms with Crippen LogP contribution >= 0.6 is 15.9 Å². The quantitative estimate of drug-likeness (QED) is 0.893. The number of rotatable bonds is 4. The van der Waals surface area contributed by atoms with Gasteiger partial charge in [-0.15, -0.1) is 0 Å². The van der Waals surface area contributed by atoms with Gasteiger partial charge in [-0.3, -0.25) is 0 Å². The number of hydrogen-bond acceptors (Lipinski definition) is 2. The lowest BCUT2D eigenvalue weighted by Crippen LogP contribution is -2.42. The first-order chi connectivity index (χ1) is 6.84. The van der Waals surface area contributed by atoms with Crippen molar-refractivity contribution >= 4 is 15.9 Å². The Morgan fingerprint density at radius 2 is 2.29 bits per heavy atom. The van der Waals surface area contributed by atoms with Crippen LogP contribution in [0.15, 0.2) is 28.7 Å². The second-order valence-electron chi connectivity index (χ2n) is 3.62. The summed E-state index contributed by atoms with van der Waals surface area (Å²) in [4.78, 5) is 0. The molecule has 76 valence electrons. The van der Waals surface area contributed by atoms with Gasteiger partial charge in [0.05, 0.1) is 6.61 Å². The van der Waals surface area contributed by atoms with Crippen molar-refractivity contribution in [1.82, 2.24) is 5.32 Å². The molecule has 0 bridgehead atoms. The van der Waals surface area contributed by atoms with E-state index in [9.17, 15) is 0 Å². The summed E-state index contributed by atoms with van der Waals surface area (Å²) in [7, 11) is 0. The Morgan fingerprint density at radius 1 is 1.43 bits per heavy atom. The average molecular weight is 256 g/mol. The van der Waals surface area contributed by atoms with E-state index in [0.717, 1.165) is 42.3 Å². The predicted molar refractivity (Wildman–Crippen MR) is 60.6 cm³/mol. The maximum atomic E-state index is 5.64. The maximum absolute atomic E-state index is 5.64. The third-order valence-electron chi connectivity index (χ3n) is 2.46. The Kier molecular flexibility index (Phi) is 3.43. The molecule has 0 aromatic heterocycles. The minimum Gasteiger partial charge on any atom is -0.494 e. The first-order valence-electron chi connectivity index (χ1n) is 4.94. The van der Waals surface area contributed by atoms with E-state index in [0.29, 0.717) is 0 Å². The SMILES string of the molecule is Brc1cccc(OCCC2CNC2)c1. The normalized spacial score (nSPS) is 16.4. The van der Waals surface area contributed by atoms with Gasteiger partial charge in [0.25, 0.3) is 0 Å². The van der Waals surface area contributed by atoms with E-state index in [2.05, 4.69) is 21.2 Å². The summed E-state index contributed by atoms with van der Waals surface area (Å²) in [6.07, 6.45) is 1.15. The standard InChI is InChI=1S/C11H14BrNO/c12-10-2-1-3-11(6-10)14-5-4-9-7-13-8-9/h1-3,6,9,13H,4-5,7-8H2. The lowest BCUT2D eigenvalue weighted by atomic mass is 10.0. The second kappa shape index (κ2) is 4.80. The molecule has 1 aliphatic rings. The number of hydrogen-bond donors (Lipinski definition) is 1. The van der Waals surface area contributed by atoms with Crippen LogP contribution in [-0.4, -0.2) is 19.7 Å². The summed E-state index contributed by atoms with van der Waals surface area (Å²) in [6.45, 7) is 3.13. The van der Waals surface area contributed by atoms with Crippen LogP contribution in [0.3, 0.4) is 0 Å². The molecule has 0 aliphatic carbocycles. The van der Waals surface area contributed by atoms with E-state index >= 15 is 0 Å².